The highest BCUT2D eigenvalue weighted by Gasteiger charge is 2.35. The second-order valence-electron chi connectivity index (χ2n) is 6.14. The van der Waals surface area contributed by atoms with E-state index in [1.54, 1.807) is 13.8 Å². The lowest BCUT2D eigenvalue weighted by molar-refractivity contribution is -0.168. The maximum absolute atomic E-state index is 11.9. The molecule has 23 heavy (non-hydrogen) atoms. The average Bonchev–Trinajstić information content (AvgIpc) is 2.51. The van der Waals surface area contributed by atoms with E-state index in [0.717, 1.165) is 32.1 Å². The van der Waals surface area contributed by atoms with E-state index in [0.29, 0.717) is 0 Å². The lowest BCUT2D eigenvalue weighted by Crippen LogP contribution is -2.44. The summed E-state index contributed by atoms with van der Waals surface area (Å²) < 4.78 is 15.1. The predicted molar refractivity (Wildman–Crippen MR) is 82.3 cm³/mol. The number of carbonyl (C=O) groups is 3. The Morgan fingerprint density at radius 3 is 2.17 bits per heavy atom. The number of carbonyl (C=O) groups excluding carboxylic acids is 3. The second kappa shape index (κ2) is 9.50. The molecule has 0 aromatic carbocycles. The zero-order valence-electron chi connectivity index (χ0n) is 14.0. The molecule has 132 valence electrons. The molecule has 0 spiro atoms. The van der Waals surface area contributed by atoms with Crippen LogP contribution in [0, 0.1) is 5.92 Å². The summed E-state index contributed by atoms with van der Waals surface area (Å²) in [5.41, 5.74) is 5.09. The number of hydrogen-bond donors (Lipinski definition) is 1. The van der Waals surface area contributed by atoms with Gasteiger partial charge in [-0.15, -0.1) is 0 Å². The minimum Gasteiger partial charge on any atom is -0.462 e. The van der Waals surface area contributed by atoms with Crippen molar-refractivity contribution in [3.63, 3.8) is 0 Å². The number of hydrogen-bond acceptors (Lipinski definition) is 7. The first-order valence-corrected chi connectivity index (χ1v) is 8.13. The summed E-state index contributed by atoms with van der Waals surface area (Å²) in [4.78, 5) is 34.6. The van der Waals surface area contributed by atoms with E-state index < -0.39 is 24.0 Å². The van der Waals surface area contributed by atoms with Gasteiger partial charge in [0.1, 0.15) is 25.2 Å². The SMILES string of the molecule is CC(C)C(=O)OCCOC(=O)CC(=O)OC1(CN)CCCCC1. The van der Waals surface area contributed by atoms with E-state index >= 15 is 0 Å². The first-order chi connectivity index (χ1) is 10.9. The molecule has 7 heteroatoms. The molecule has 0 aromatic rings. The van der Waals surface area contributed by atoms with Gasteiger partial charge in [0.15, 0.2) is 0 Å². The number of rotatable bonds is 8. The van der Waals surface area contributed by atoms with Crippen molar-refractivity contribution in [3.8, 4) is 0 Å². The Labute approximate surface area is 136 Å². The van der Waals surface area contributed by atoms with E-state index in [9.17, 15) is 14.4 Å². The smallest absolute Gasteiger partial charge is 0.317 e. The lowest BCUT2D eigenvalue weighted by Gasteiger charge is -2.35. The maximum atomic E-state index is 11.9. The third-order valence-electron chi connectivity index (χ3n) is 3.82. The minimum absolute atomic E-state index is 0.0233. The normalized spacial score (nSPS) is 16.7. The minimum atomic E-state index is -0.696. The summed E-state index contributed by atoms with van der Waals surface area (Å²) in [5.74, 6) is -1.91. The van der Waals surface area contributed by atoms with Crippen LogP contribution in [-0.2, 0) is 28.6 Å². The average molecular weight is 329 g/mol. The summed E-state index contributed by atoms with van der Waals surface area (Å²) in [5, 5.41) is 0. The molecule has 0 unspecified atom stereocenters. The fourth-order valence-corrected chi connectivity index (χ4v) is 2.45. The van der Waals surface area contributed by atoms with E-state index in [1.807, 2.05) is 0 Å². The van der Waals surface area contributed by atoms with Gasteiger partial charge in [-0.1, -0.05) is 20.3 Å². The Balaban J connectivity index is 2.25. The van der Waals surface area contributed by atoms with Crippen LogP contribution in [-0.4, -0.2) is 43.3 Å². The van der Waals surface area contributed by atoms with Crippen LogP contribution in [0.5, 0.6) is 0 Å². The van der Waals surface area contributed by atoms with Crippen LogP contribution >= 0.6 is 0 Å². The van der Waals surface area contributed by atoms with Gasteiger partial charge in [0.25, 0.3) is 0 Å². The molecule has 0 amide bonds. The van der Waals surface area contributed by atoms with Crippen molar-refractivity contribution in [2.75, 3.05) is 19.8 Å². The summed E-state index contributed by atoms with van der Waals surface area (Å²) >= 11 is 0. The first kappa shape index (κ1) is 19.4. The van der Waals surface area contributed by atoms with Gasteiger partial charge in [-0.25, -0.2) is 0 Å². The molecule has 1 rings (SSSR count). The second-order valence-corrected chi connectivity index (χ2v) is 6.14. The van der Waals surface area contributed by atoms with E-state index in [1.165, 1.54) is 0 Å². The Hall–Kier alpha value is -1.63. The number of nitrogens with two attached hydrogens (primary N) is 1. The quantitative estimate of drug-likeness (QED) is 0.310. The summed E-state index contributed by atoms with van der Waals surface area (Å²) in [6.07, 6.45) is 4.05. The van der Waals surface area contributed by atoms with Crippen LogP contribution in [0.3, 0.4) is 0 Å². The van der Waals surface area contributed by atoms with Crippen LogP contribution in [0.2, 0.25) is 0 Å². The molecule has 1 fully saturated rings. The fourth-order valence-electron chi connectivity index (χ4n) is 2.45. The van der Waals surface area contributed by atoms with Gasteiger partial charge in [0.2, 0.25) is 0 Å². The van der Waals surface area contributed by atoms with Crippen LogP contribution in [0.4, 0.5) is 0 Å². The molecule has 1 aliphatic rings. The number of ether oxygens (including phenoxy) is 3. The molecule has 0 heterocycles. The molecule has 0 radical (unpaired) electrons. The number of esters is 3. The highest BCUT2D eigenvalue weighted by atomic mass is 16.6. The Morgan fingerprint density at radius 2 is 1.61 bits per heavy atom. The van der Waals surface area contributed by atoms with Crippen molar-refractivity contribution in [1.29, 1.82) is 0 Å². The van der Waals surface area contributed by atoms with Gasteiger partial charge in [0, 0.05) is 6.54 Å². The Kier molecular flexibility index (Phi) is 8.02. The molecule has 0 bridgehead atoms. The van der Waals surface area contributed by atoms with Crippen molar-refractivity contribution in [1.82, 2.24) is 0 Å². The van der Waals surface area contributed by atoms with Gasteiger partial charge < -0.3 is 19.9 Å². The summed E-state index contributed by atoms with van der Waals surface area (Å²) in [7, 11) is 0. The van der Waals surface area contributed by atoms with Crippen LogP contribution in [0.15, 0.2) is 0 Å². The zero-order chi connectivity index (χ0) is 17.3. The maximum Gasteiger partial charge on any atom is 0.317 e. The van der Waals surface area contributed by atoms with Crippen molar-refractivity contribution < 1.29 is 28.6 Å². The van der Waals surface area contributed by atoms with Gasteiger partial charge >= 0.3 is 17.9 Å². The molecule has 2 N–H and O–H groups in total. The van der Waals surface area contributed by atoms with Crippen LogP contribution < -0.4 is 5.73 Å². The fraction of sp³-hybridized carbons (Fsp3) is 0.812. The lowest BCUT2D eigenvalue weighted by atomic mass is 9.84. The molecule has 0 saturated heterocycles. The largest absolute Gasteiger partial charge is 0.462 e. The van der Waals surface area contributed by atoms with Crippen molar-refractivity contribution in [3.05, 3.63) is 0 Å². The summed E-state index contributed by atoms with van der Waals surface area (Å²) in [6.45, 7) is 3.59. The monoisotopic (exact) mass is 329 g/mol. The van der Waals surface area contributed by atoms with Crippen LogP contribution in [0.1, 0.15) is 52.4 Å². The topological polar surface area (TPSA) is 105 Å². The third kappa shape index (κ3) is 6.99. The van der Waals surface area contributed by atoms with E-state index in [2.05, 4.69) is 0 Å². The van der Waals surface area contributed by atoms with Gasteiger partial charge in [-0.05, 0) is 25.7 Å². The standard InChI is InChI=1S/C16H27NO6/c1-12(2)15(20)22-9-8-21-13(18)10-14(19)23-16(11-17)6-4-3-5-7-16/h12H,3-11,17H2,1-2H3. The van der Waals surface area contributed by atoms with Crippen molar-refractivity contribution in [2.45, 2.75) is 58.0 Å². The van der Waals surface area contributed by atoms with Crippen molar-refractivity contribution in [2.24, 2.45) is 11.7 Å². The molecule has 7 nitrogen and oxygen atoms in total. The molecule has 1 saturated carbocycles. The third-order valence-corrected chi connectivity index (χ3v) is 3.82. The Bertz CT molecular complexity index is 415. The van der Waals surface area contributed by atoms with E-state index in [-0.39, 0.29) is 31.6 Å². The van der Waals surface area contributed by atoms with Gasteiger partial charge in [0.05, 0.1) is 5.92 Å². The molecular weight excluding hydrogens is 302 g/mol. The molecule has 0 atom stereocenters. The van der Waals surface area contributed by atoms with E-state index in [4.69, 9.17) is 19.9 Å². The van der Waals surface area contributed by atoms with Gasteiger partial charge in [-0.3, -0.25) is 14.4 Å². The highest BCUT2D eigenvalue weighted by Crippen LogP contribution is 2.31. The molecule has 0 aromatic heterocycles. The van der Waals surface area contributed by atoms with Gasteiger partial charge in [-0.2, -0.15) is 0 Å². The summed E-state index contributed by atoms with van der Waals surface area (Å²) in [6, 6.07) is 0. The molecule has 1 aliphatic carbocycles. The first-order valence-electron chi connectivity index (χ1n) is 8.13. The van der Waals surface area contributed by atoms with Crippen molar-refractivity contribution >= 4 is 17.9 Å². The zero-order valence-corrected chi connectivity index (χ0v) is 14.0. The Morgan fingerprint density at radius 1 is 1.00 bits per heavy atom. The van der Waals surface area contributed by atoms with Crippen LogP contribution in [0.25, 0.3) is 0 Å². The highest BCUT2D eigenvalue weighted by molar-refractivity contribution is 5.91. The predicted octanol–water partition coefficient (Wildman–Crippen LogP) is 1.32. The molecular formula is C16H27NO6. The molecule has 0 aliphatic heterocycles.